The van der Waals surface area contributed by atoms with Crippen LogP contribution in [0.5, 0.6) is 5.75 Å². The van der Waals surface area contributed by atoms with Crippen molar-refractivity contribution in [2.24, 2.45) is 5.92 Å². The van der Waals surface area contributed by atoms with Crippen LogP contribution in [0.15, 0.2) is 42.0 Å². The van der Waals surface area contributed by atoms with Crippen LogP contribution in [-0.2, 0) is 23.8 Å². The molecule has 0 amide bonds. The zero-order valence-corrected chi connectivity index (χ0v) is 21.9. The van der Waals surface area contributed by atoms with E-state index in [4.69, 9.17) is 18.9 Å². The molecule has 10 heteroatoms. The molecule has 3 aliphatic heterocycles. The van der Waals surface area contributed by atoms with Gasteiger partial charge in [-0.1, -0.05) is 18.2 Å². The molecule has 0 radical (unpaired) electrons. The van der Waals surface area contributed by atoms with Gasteiger partial charge in [0.15, 0.2) is 0 Å². The molecule has 0 unspecified atom stereocenters. The normalized spacial score (nSPS) is 33.8. The number of esters is 2. The van der Waals surface area contributed by atoms with Crippen molar-refractivity contribution in [3.63, 3.8) is 0 Å². The molecule has 38 heavy (non-hydrogen) atoms. The molecule has 3 N–H and O–H groups in total. The maximum Gasteiger partial charge on any atom is 0.333 e. The van der Waals surface area contributed by atoms with Gasteiger partial charge in [0.25, 0.3) is 0 Å². The number of hydrogen-bond acceptors (Lipinski definition) is 10. The zero-order valence-electron chi connectivity index (χ0n) is 21.9. The number of hydrogen-bond donors (Lipinski definition) is 3. The summed E-state index contributed by atoms with van der Waals surface area (Å²) in [5.41, 5.74) is 1.28. The quantitative estimate of drug-likeness (QED) is 0.334. The van der Waals surface area contributed by atoms with Gasteiger partial charge in [-0.15, -0.1) is 0 Å². The largest absolute Gasteiger partial charge is 0.462 e. The summed E-state index contributed by atoms with van der Waals surface area (Å²) < 4.78 is 22.4. The molecule has 3 fully saturated rings. The van der Waals surface area contributed by atoms with E-state index in [9.17, 15) is 24.9 Å². The third kappa shape index (κ3) is 6.44. The average Bonchev–Trinajstić information content (AvgIpc) is 3.49. The Kier molecular flexibility index (Phi) is 9.22. The molecule has 3 saturated heterocycles. The highest BCUT2D eigenvalue weighted by Gasteiger charge is 2.46. The van der Waals surface area contributed by atoms with Crippen LogP contribution in [0.4, 0.5) is 0 Å². The Labute approximate surface area is 222 Å². The van der Waals surface area contributed by atoms with Crippen LogP contribution in [0.25, 0.3) is 6.08 Å². The minimum absolute atomic E-state index is 0.0698. The predicted molar refractivity (Wildman–Crippen MR) is 137 cm³/mol. The molecule has 208 valence electrons. The van der Waals surface area contributed by atoms with Crippen LogP contribution in [0.2, 0.25) is 0 Å². The first-order chi connectivity index (χ1) is 18.2. The lowest BCUT2D eigenvalue weighted by atomic mass is 9.97. The minimum atomic E-state index is -1.40. The smallest absolute Gasteiger partial charge is 0.333 e. The van der Waals surface area contributed by atoms with E-state index in [2.05, 4.69) is 4.90 Å². The summed E-state index contributed by atoms with van der Waals surface area (Å²) in [4.78, 5) is 27.1. The molecule has 0 aromatic heterocycles. The summed E-state index contributed by atoms with van der Waals surface area (Å²) >= 11 is 0. The van der Waals surface area contributed by atoms with Gasteiger partial charge >= 0.3 is 11.9 Å². The van der Waals surface area contributed by atoms with Gasteiger partial charge in [-0.2, -0.15) is 0 Å². The van der Waals surface area contributed by atoms with Gasteiger partial charge in [-0.3, -0.25) is 4.90 Å². The first-order valence-electron chi connectivity index (χ1n) is 13.1. The van der Waals surface area contributed by atoms with E-state index in [0.717, 1.165) is 24.9 Å². The number of aliphatic hydroxyl groups is 3. The fourth-order valence-corrected chi connectivity index (χ4v) is 5.16. The Morgan fingerprint density at radius 3 is 2.58 bits per heavy atom. The lowest BCUT2D eigenvalue weighted by Crippen LogP contribution is -2.58. The van der Waals surface area contributed by atoms with Crippen LogP contribution in [-0.4, -0.2) is 94.7 Å². The Bertz CT molecular complexity index is 1040. The summed E-state index contributed by atoms with van der Waals surface area (Å²) in [7, 11) is 0. The van der Waals surface area contributed by atoms with Crippen LogP contribution < -0.4 is 4.74 Å². The van der Waals surface area contributed by atoms with Gasteiger partial charge in [0, 0.05) is 30.2 Å². The molecule has 4 rings (SSSR count). The van der Waals surface area contributed by atoms with Gasteiger partial charge in [-0.05, 0) is 63.9 Å². The van der Waals surface area contributed by atoms with Crippen LogP contribution in [0.1, 0.15) is 39.2 Å². The van der Waals surface area contributed by atoms with E-state index < -0.39 is 36.7 Å². The molecule has 3 heterocycles. The molecule has 0 spiro atoms. The monoisotopic (exact) mass is 531 g/mol. The zero-order chi connectivity index (χ0) is 27.4. The van der Waals surface area contributed by atoms with E-state index >= 15 is 0 Å². The van der Waals surface area contributed by atoms with Gasteiger partial charge in [0.05, 0.1) is 12.7 Å². The number of nitrogens with zero attached hydrogens (tertiary/aromatic N) is 1. The van der Waals surface area contributed by atoms with Crippen molar-refractivity contribution in [3.8, 4) is 5.75 Å². The van der Waals surface area contributed by atoms with E-state index in [-0.39, 0.29) is 30.6 Å². The molecular weight excluding hydrogens is 494 g/mol. The van der Waals surface area contributed by atoms with E-state index in [0.29, 0.717) is 17.9 Å². The summed E-state index contributed by atoms with van der Waals surface area (Å²) in [6.45, 7) is 6.88. The molecular formula is C28H37NO9. The summed E-state index contributed by atoms with van der Waals surface area (Å²) in [6.07, 6.45) is 0.626. The summed E-state index contributed by atoms with van der Waals surface area (Å²) in [5.74, 6) is -0.507. The first-order valence-corrected chi connectivity index (χ1v) is 13.1. The van der Waals surface area contributed by atoms with Gasteiger partial charge < -0.3 is 34.3 Å². The van der Waals surface area contributed by atoms with Crippen LogP contribution >= 0.6 is 0 Å². The van der Waals surface area contributed by atoms with E-state index in [1.165, 1.54) is 6.08 Å². The maximum absolute atomic E-state index is 12.4. The third-order valence-electron chi connectivity index (χ3n) is 7.58. The molecule has 3 aliphatic rings. The van der Waals surface area contributed by atoms with Crippen LogP contribution in [0, 0.1) is 5.92 Å². The average molecular weight is 532 g/mol. The van der Waals surface area contributed by atoms with Crippen molar-refractivity contribution >= 4 is 18.0 Å². The van der Waals surface area contributed by atoms with E-state index in [1.807, 2.05) is 0 Å². The third-order valence-corrected chi connectivity index (χ3v) is 7.58. The number of carbonyl (C=O) groups is 2. The molecule has 0 aliphatic carbocycles. The Morgan fingerprint density at radius 2 is 1.87 bits per heavy atom. The number of rotatable bonds is 8. The first kappa shape index (κ1) is 28.3. The lowest BCUT2D eigenvalue weighted by Gasteiger charge is -2.38. The number of ether oxygens (including phenoxy) is 4. The van der Waals surface area contributed by atoms with Gasteiger partial charge in [-0.25, -0.2) is 9.59 Å². The SMILES string of the molecule is CC=C(C)C(=O)O[C@H]1CN2CCC[C@H]2[C@H]1COC(=O)C=Cc1ccc(O[C@@H]2O[C@H](C)[C@H](O)[C@@H](O)[C@@H]2O)cc1. The lowest BCUT2D eigenvalue weighted by molar-refractivity contribution is -0.268. The fourth-order valence-electron chi connectivity index (χ4n) is 5.16. The maximum atomic E-state index is 12.4. The predicted octanol–water partition coefficient (Wildman–Crippen LogP) is 1.42. The number of benzene rings is 1. The van der Waals surface area contributed by atoms with Crippen molar-refractivity contribution in [3.05, 3.63) is 47.6 Å². The number of fused-ring (bicyclic) bond motifs is 1. The highest BCUT2D eigenvalue weighted by atomic mass is 16.7. The van der Waals surface area contributed by atoms with Crippen LogP contribution in [0.3, 0.4) is 0 Å². The van der Waals surface area contributed by atoms with Crippen molar-refractivity contribution in [1.82, 2.24) is 4.90 Å². The topological polar surface area (TPSA) is 135 Å². The summed E-state index contributed by atoms with van der Waals surface area (Å²) in [6, 6.07) is 6.96. The molecule has 1 aromatic carbocycles. The molecule has 1 aromatic rings. The fraction of sp³-hybridized carbons (Fsp3) is 0.571. The van der Waals surface area contributed by atoms with Crippen molar-refractivity contribution in [2.45, 2.75) is 76.5 Å². The molecule has 8 atom stereocenters. The molecule has 0 saturated carbocycles. The number of aliphatic hydroxyl groups excluding tert-OH is 3. The Balaban J connectivity index is 1.29. The van der Waals surface area contributed by atoms with Crippen molar-refractivity contribution in [2.75, 3.05) is 19.7 Å². The van der Waals surface area contributed by atoms with Crippen molar-refractivity contribution < 1.29 is 43.9 Å². The highest BCUT2D eigenvalue weighted by molar-refractivity contribution is 5.88. The van der Waals surface area contributed by atoms with Gasteiger partial charge in [0.1, 0.15) is 30.2 Å². The van der Waals surface area contributed by atoms with Crippen molar-refractivity contribution in [1.29, 1.82) is 0 Å². The second-order valence-electron chi connectivity index (χ2n) is 10.1. The molecule has 10 nitrogen and oxygen atoms in total. The molecule has 0 bridgehead atoms. The standard InChI is InChI=1S/C28H37NO9/c1-4-16(2)27(34)38-22-14-29-13-5-6-21(29)20(22)15-35-23(30)12-9-18-7-10-19(11-8-18)37-28-26(33)25(32)24(31)17(3)36-28/h4,7-12,17,20-22,24-26,28,31-33H,5-6,13-15H2,1-3H3/t17-,20-,21+,22+,24+,25-,26+,28+/m1/s1. The highest BCUT2D eigenvalue weighted by Crippen LogP contribution is 2.35. The Hall–Kier alpha value is -2.76. The number of allylic oxidation sites excluding steroid dienone is 1. The van der Waals surface area contributed by atoms with E-state index in [1.54, 1.807) is 57.2 Å². The summed E-state index contributed by atoms with van der Waals surface area (Å²) in [5, 5.41) is 29.8. The van der Waals surface area contributed by atoms with Gasteiger partial charge in [0.2, 0.25) is 6.29 Å². The second-order valence-corrected chi connectivity index (χ2v) is 10.1. The number of carbonyl (C=O) groups excluding carboxylic acids is 2. The Morgan fingerprint density at radius 1 is 1.13 bits per heavy atom. The minimum Gasteiger partial charge on any atom is -0.462 e. The second kappa shape index (κ2) is 12.4.